The molecule has 3 amide bonds. The molecule has 0 saturated carbocycles. The van der Waals surface area contributed by atoms with E-state index in [1.165, 1.54) is 0 Å². The summed E-state index contributed by atoms with van der Waals surface area (Å²) >= 11 is 0. The van der Waals surface area contributed by atoms with Crippen LogP contribution in [0.1, 0.15) is 94.3 Å². The van der Waals surface area contributed by atoms with Crippen molar-refractivity contribution in [2.45, 2.75) is 113 Å². The molecular weight excluding hydrogens is 1060 g/mol. The molecule has 3 spiro atoms. The summed E-state index contributed by atoms with van der Waals surface area (Å²) in [6.07, 6.45) is 2.39. The minimum absolute atomic E-state index is 0.0266. The van der Waals surface area contributed by atoms with Gasteiger partial charge < -0.3 is 58.9 Å². The van der Waals surface area contributed by atoms with E-state index in [0.29, 0.717) is 39.3 Å². The maximum Gasteiger partial charge on any atom is 0.255 e. The Morgan fingerprint density at radius 3 is 0.774 bits per heavy atom. The first-order valence-electron chi connectivity index (χ1n) is 30.2. The Morgan fingerprint density at radius 2 is 0.560 bits per heavy atom. The molecule has 6 atom stereocenters. The number of aliphatic hydroxyl groups excluding tert-OH is 3. The highest BCUT2D eigenvalue weighted by atomic mass is 16.5. The second-order valence-electron chi connectivity index (χ2n) is 23.8. The largest absolute Gasteiger partial charge is 0.387 e. The molecule has 0 bridgehead atoms. The van der Waals surface area contributed by atoms with E-state index in [2.05, 4.69) is 14.7 Å². The number of aliphatic hydroxyl groups is 3. The molecule has 0 unspecified atom stereocenters. The number of rotatable bonds is 12. The van der Waals surface area contributed by atoms with Crippen molar-refractivity contribution in [2.24, 2.45) is 0 Å². The van der Waals surface area contributed by atoms with E-state index in [4.69, 9.17) is 14.2 Å². The number of ether oxygens (including phenoxy) is 3. The van der Waals surface area contributed by atoms with E-state index in [1.807, 2.05) is 217 Å². The predicted octanol–water partition coefficient (Wildman–Crippen LogP) is 9.02. The van der Waals surface area contributed by atoms with E-state index in [-0.39, 0.29) is 34.5 Å². The molecule has 0 aliphatic carbocycles. The van der Waals surface area contributed by atoms with Gasteiger partial charge >= 0.3 is 0 Å². The first kappa shape index (κ1) is 60.5. The predicted molar refractivity (Wildman–Crippen MR) is 327 cm³/mol. The normalized spacial score (nSPS) is 23.7. The number of morpholine rings is 3. The van der Waals surface area contributed by atoms with E-state index in [9.17, 15) is 29.7 Å². The topological polar surface area (TPSA) is 159 Å². The molecule has 6 aliphatic heterocycles. The number of carbonyl (C=O) groups is 3. The number of piperidine rings is 3. The Labute approximate surface area is 496 Å². The number of likely N-dealkylation sites (tertiary alicyclic amines) is 3. The van der Waals surface area contributed by atoms with Crippen LogP contribution in [-0.2, 0) is 28.6 Å². The van der Waals surface area contributed by atoms with Gasteiger partial charge in [-0.15, -0.1) is 0 Å². The zero-order chi connectivity index (χ0) is 58.7. The first-order chi connectivity index (χ1) is 40.7. The van der Waals surface area contributed by atoms with Crippen molar-refractivity contribution in [2.75, 3.05) is 93.2 Å². The maximum atomic E-state index is 12.7. The molecule has 6 fully saturated rings. The summed E-state index contributed by atoms with van der Waals surface area (Å²) < 4.78 is 18.7. The Kier molecular flexibility index (Phi) is 19.9. The molecule has 3 N–H and O–H groups in total. The van der Waals surface area contributed by atoms with Gasteiger partial charge in [0.05, 0.1) is 54.7 Å². The number of nitrogens with zero attached hydrogens (tertiary/aromatic N) is 6. The summed E-state index contributed by atoms with van der Waals surface area (Å²) in [6.45, 7) is 14.3. The second kappa shape index (κ2) is 27.6. The number of para-hydroxylation sites is 3. The van der Waals surface area contributed by atoms with Crippen LogP contribution in [0.4, 0.5) is 17.1 Å². The Morgan fingerprint density at radius 1 is 0.357 bits per heavy atom. The standard InChI is InChI=1S/3C23H28N2O3/c3*1-18-22(27)25(20-10-6-3-7-11-20)17-23(28-18)12-14-24(15-13-23)16-21(26)19-8-4-2-5-9-19/h3*2-11,18,21,26H,12-17H2,1H3/t2*18-,21+;18-,21-/m101/s1. The van der Waals surface area contributed by atoms with Crippen molar-refractivity contribution >= 4 is 34.8 Å². The highest BCUT2D eigenvalue weighted by Crippen LogP contribution is 2.39. The van der Waals surface area contributed by atoms with E-state index >= 15 is 0 Å². The quantitative estimate of drug-likeness (QED) is 0.107. The van der Waals surface area contributed by atoms with Crippen molar-refractivity contribution in [3.8, 4) is 0 Å². The van der Waals surface area contributed by atoms with Gasteiger partial charge in [0.1, 0.15) is 18.3 Å². The molecule has 0 radical (unpaired) electrons. The summed E-state index contributed by atoms with van der Waals surface area (Å²) in [5.74, 6) is 0.0799. The molecule has 6 aliphatic rings. The highest BCUT2D eigenvalue weighted by molar-refractivity contribution is 5.98. The first-order valence-corrected chi connectivity index (χ1v) is 30.2. The molecular formula is C69H84N6O9. The molecule has 6 aromatic carbocycles. The van der Waals surface area contributed by atoms with Gasteiger partial charge in [0.25, 0.3) is 17.7 Å². The molecule has 84 heavy (non-hydrogen) atoms. The Hall–Kier alpha value is -6.63. The van der Waals surface area contributed by atoms with Crippen LogP contribution < -0.4 is 14.7 Å². The molecule has 12 rings (SSSR count). The van der Waals surface area contributed by atoms with Crippen LogP contribution in [0.15, 0.2) is 182 Å². The van der Waals surface area contributed by atoms with Gasteiger partial charge in [-0.2, -0.15) is 0 Å². The summed E-state index contributed by atoms with van der Waals surface area (Å²) in [5, 5.41) is 31.5. The number of hydrogen-bond acceptors (Lipinski definition) is 12. The number of β-amino-alcohol motifs (C(OH)–C–C–N with tert-alkyl or cyclic N) is 3. The smallest absolute Gasteiger partial charge is 0.255 e. The summed E-state index contributed by atoms with van der Waals surface area (Å²) in [7, 11) is 0. The van der Waals surface area contributed by atoms with Crippen molar-refractivity contribution in [1.82, 2.24) is 14.7 Å². The average Bonchev–Trinajstić information content (AvgIpc) is 3.69. The summed E-state index contributed by atoms with van der Waals surface area (Å²) in [5.41, 5.74) is 4.73. The second-order valence-corrected chi connectivity index (χ2v) is 23.8. The SMILES string of the molecule is C[C@@H]1OC2(CCN(C[C@@H](O)c3ccccc3)CC2)CN(c2ccccc2)C1=O.C[C@H]1OC2(CCN(C[C@@H](O)c3ccccc3)CC2)CN(c2ccccc2)C1=O.C[C@H]1OC2(CCN(C[C@H](O)c3ccccc3)CC2)CN(c2ccccc2)C1=O. The summed E-state index contributed by atoms with van der Waals surface area (Å²) in [6, 6.07) is 58.9. The number of amides is 3. The molecule has 6 saturated heterocycles. The maximum absolute atomic E-state index is 12.7. The van der Waals surface area contributed by atoms with Gasteiger partial charge in [-0.1, -0.05) is 146 Å². The zero-order valence-corrected chi connectivity index (χ0v) is 49.0. The fourth-order valence-corrected chi connectivity index (χ4v) is 13.0. The Bertz CT molecular complexity index is 2690. The van der Waals surface area contributed by atoms with Gasteiger partial charge in [0, 0.05) is 76.0 Å². The highest BCUT2D eigenvalue weighted by Gasteiger charge is 2.49. The zero-order valence-electron chi connectivity index (χ0n) is 49.0. The molecule has 6 heterocycles. The van der Waals surface area contributed by atoms with Gasteiger partial charge in [0.2, 0.25) is 0 Å². The summed E-state index contributed by atoms with van der Waals surface area (Å²) in [4.78, 5) is 50.5. The van der Waals surface area contributed by atoms with Crippen LogP contribution in [-0.4, -0.2) is 161 Å². The van der Waals surface area contributed by atoms with Crippen LogP contribution >= 0.6 is 0 Å². The minimum atomic E-state index is -0.483. The lowest BCUT2D eigenvalue weighted by Crippen LogP contribution is -2.61. The third-order valence-electron chi connectivity index (χ3n) is 17.8. The van der Waals surface area contributed by atoms with Crippen molar-refractivity contribution < 1.29 is 43.9 Å². The van der Waals surface area contributed by atoms with E-state index in [0.717, 1.165) is 112 Å². The molecule has 444 valence electrons. The number of carbonyl (C=O) groups excluding carboxylic acids is 3. The third kappa shape index (κ3) is 14.9. The van der Waals surface area contributed by atoms with Gasteiger partial charge in [-0.3, -0.25) is 14.4 Å². The molecule has 15 heteroatoms. The third-order valence-corrected chi connectivity index (χ3v) is 17.8. The van der Waals surface area contributed by atoms with Crippen LogP contribution in [0.3, 0.4) is 0 Å². The lowest BCUT2D eigenvalue weighted by atomic mass is 9.88. The van der Waals surface area contributed by atoms with Crippen LogP contribution in [0, 0.1) is 0 Å². The fourth-order valence-electron chi connectivity index (χ4n) is 13.0. The van der Waals surface area contributed by atoms with E-state index < -0.39 is 36.6 Å². The minimum Gasteiger partial charge on any atom is -0.387 e. The van der Waals surface area contributed by atoms with Crippen LogP contribution in [0.5, 0.6) is 0 Å². The number of anilines is 3. The monoisotopic (exact) mass is 1140 g/mol. The van der Waals surface area contributed by atoms with Crippen LogP contribution in [0.25, 0.3) is 0 Å². The molecule has 15 nitrogen and oxygen atoms in total. The van der Waals surface area contributed by atoms with Crippen LogP contribution in [0.2, 0.25) is 0 Å². The fraction of sp³-hybridized carbons (Fsp3) is 0.435. The number of benzene rings is 6. The Balaban J connectivity index is 0.000000140. The number of hydrogen-bond donors (Lipinski definition) is 3. The lowest BCUT2D eigenvalue weighted by molar-refractivity contribution is -0.162. The van der Waals surface area contributed by atoms with Gasteiger partial charge in [0.15, 0.2) is 0 Å². The molecule has 0 aromatic heterocycles. The lowest BCUT2D eigenvalue weighted by Gasteiger charge is -2.49. The average molecular weight is 1140 g/mol. The van der Waals surface area contributed by atoms with Crippen molar-refractivity contribution in [3.63, 3.8) is 0 Å². The van der Waals surface area contributed by atoms with E-state index in [1.54, 1.807) is 0 Å². The molecule has 6 aromatic rings. The van der Waals surface area contributed by atoms with Gasteiger partial charge in [-0.05, 0) is 112 Å². The van der Waals surface area contributed by atoms with Gasteiger partial charge in [-0.25, -0.2) is 0 Å². The van der Waals surface area contributed by atoms with Crippen molar-refractivity contribution in [1.29, 1.82) is 0 Å². The van der Waals surface area contributed by atoms with Crippen molar-refractivity contribution in [3.05, 3.63) is 199 Å².